The third-order valence-corrected chi connectivity index (χ3v) is 5.34. The Balaban J connectivity index is 1.70. The zero-order valence-corrected chi connectivity index (χ0v) is 15.0. The van der Waals surface area contributed by atoms with Crippen molar-refractivity contribution in [1.82, 2.24) is 5.43 Å². The molecule has 0 atom stereocenters. The second-order valence-electron chi connectivity index (χ2n) is 5.74. The number of hydrazone groups is 1. The normalized spacial score (nSPS) is 13.5. The first-order valence-electron chi connectivity index (χ1n) is 8.02. The Morgan fingerprint density at radius 2 is 1.88 bits per heavy atom. The number of aryl methyl sites for hydroxylation is 2. The van der Waals surface area contributed by atoms with Crippen molar-refractivity contribution in [3.63, 3.8) is 0 Å². The lowest BCUT2D eigenvalue weighted by Gasteiger charge is -2.09. The molecule has 3 rings (SSSR count). The van der Waals surface area contributed by atoms with Crippen LogP contribution in [0, 0.1) is 0 Å². The van der Waals surface area contributed by atoms with E-state index in [-0.39, 0.29) is 23.2 Å². The fourth-order valence-corrected chi connectivity index (χ4v) is 3.95. The maximum Gasteiger partial charge on any atom is 0.281 e. The van der Waals surface area contributed by atoms with Crippen molar-refractivity contribution in [2.75, 3.05) is 14.2 Å². The summed E-state index contributed by atoms with van der Waals surface area (Å²) in [4.78, 5) is 14.2. The molecule has 2 aromatic rings. The molecule has 1 heterocycles. The number of fused-ring (bicyclic) bond motifs is 1. The standard InChI is InChI=1S/C18H20N2O4S/c1-23-13-7-11(8-14(24-2)17(13)21)10-19-20-18(22)16-9-12-5-3-4-6-15(12)25-16/h7-10,21H,3-6H2,1-2H3,(H,20,22)/b19-10+. The molecule has 2 N–H and O–H groups in total. The summed E-state index contributed by atoms with van der Waals surface area (Å²) >= 11 is 1.54. The summed E-state index contributed by atoms with van der Waals surface area (Å²) in [6.45, 7) is 0. The Labute approximate surface area is 150 Å². The van der Waals surface area contributed by atoms with Crippen LogP contribution in [0.4, 0.5) is 0 Å². The van der Waals surface area contributed by atoms with Crippen molar-refractivity contribution in [2.45, 2.75) is 25.7 Å². The van der Waals surface area contributed by atoms with Crippen LogP contribution in [-0.4, -0.2) is 31.4 Å². The number of carbonyl (C=O) groups excluding carboxylic acids is 1. The molecule has 6 nitrogen and oxygen atoms in total. The quantitative estimate of drug-likeness (QED) is 0.634. The van der Waals surface area contributed by atoms with Gasteiger partial charge in [0.05, 0.1) is 25.3 Å². The third-order valence-electron chi connectivity index (χ3n) is 4.10. The average Bonchev–Trinajstić information content (AvgIpc) is 3.07. The summed E-state index contributed by atoms with van der Waals surface area (Å²) in [6.07, 6.45) is 5.97. The molecule has 0 bridgehead atoms. The zero-order valence-electron chi connectivity index (χ0n) is 14.2. The number of nitrogens with zero attached hydrogens (tertiary/aromatic N) is 1. The van der Waals surface area contributed by atoms with Gasteiger partial charge in [-0.2, -0.15) is 5.10 Å². The highest BCUT2D eigenvalue weighted by molar-refractivity contribution is 7.14. The van der Waals surface area contributed by atoms with Crippen LogP contribution < -0.4 is 14.9 Å². The van der Waals surface area contributed by atoms with E-state index in [4.69, 9.17) is 9.47 Å². The molecule has 1 aromatic heterocycles. The molecule has 0 aliphatic heterocycles. The molecule has 1 aliphatic rings. The highest BCUT2D eigenvalue weighted by Gasteiger charge is 2.17. The molecule has 0 spiro atoms. The van der Waals surface area contributed by atoms with Gasteiger partial charge in [0.2, 0.25) is 5.75 Å². The number of nitrogens with one attached hydrogen (secondary N) is 1. The van der Waals surface area contributed by atoms with Crippen molar-refractivity contribution >= 4 is 23.5 Å². The fraction of sp³-hybridized carbons (Fsp3) is 0.333. The number of phenolic OH excluding ortho intramolecular Hbond substituents is 1. The number of phenols is 1. The first-order chi connectivity index (χ1) is 12.1. The van der Waals surface area contributed by atoms with Crippen LogP contribution in [0.3, 0.4) is 0 Å². The second-order valence-corrected chi connectivity index (χ2v) is 6.88. The van der Waals surface area contributed by atoms with E-state index in [1.54, 1.807) is 23.5 Å². The zero-order chi connectivity index (χ0) is 17.8. The van der Waals surface area contributed by atoms with Gasteiger partial charge >= 0.3 is 0 Å². The van der Waals surface area contributed by atoms with E-state index in [1.807, 2.05) is 6.07 Å². The molecule has 0 saturated carbocycles. The lowest BCUT2D eigenvalue weighted by atomic mass is 9.99. The molecule has 7 heteroatoms. The predicted octanol–water partition coefficient (Wildman–Crippen LogP) is 3.11. The van der Waals surface area contributed by atoms with Gasteiger partial charge in [-0.1, -0.05) is 0 Å². The largest absolute Gasteiger partial charge is 0.502 e. The van der Waals surface area contributed by atoms with Crippen molar-refractivity contribution in [2.24, 2.45) is 5.10 Å². The van der Waals surface area contributed by atoms with Crippen LogP contribution in [0.25, 0.3) is 0 Å². The Morgan fingerprint density at radius 3 is 2.52 bits per heavy atom. The van der Waals surface area contributed by atoms with E-state index in [9.17, 15) is 9.90 Å². The maximum atomic E-state index is 12.2. The van der Waals surface area contributed by atoms with Crippen LogP contribution in [-0.2, 0) is 12.8 Å². The molecular weight excluding hydrogens is 340 g/mol. The number of methoxy groups -OCH3 is 2. The van der Waals surface area contributed by atoms with Crippen LogP contribution >= 0.6 is 11.3 Å². The number of ether oxygens (including phenoxy) is 2. The van der Waals surface area contributed by atoms with E-state index in [0.717, 1.165) is 12.8 Å². The molecule has 0 fully saturated rings. The number of carbonyl (C=O) groups is 1. The summed E-state index contributed by atoms with van der Waals surface area (Å²) in [5.74, 6) is 0.264. The van der Waals surface area contributed by atoms with Crippen molar-refractivity contribution in [1.29, 1.82) is 0 Å². The summed E-state index contributed by atoms with van der Waals surface area (Å²) in [5.41, 5.74) is 4.47. The fourth-order valence-electron chi connectivity index (χ4n) is 2.81. The summed E-state index contributed by atoms with van der Waals surface area (Å²) < 4.78 is 10.2. The number of hydrogen-bond donors (Lipinski definition) is 2. The van der Waals surface area contributed by atoms with E-state index in [2.05, 4.69) is 10.5 Å². The molecule has 25 heavy (non-hydrogen) atoms. The molecular formula is C18H20N2O4S. The number of rotatable bonds is 5. The highest BCUT2D eigenvalue weighted by atomic mass is 32.1. The lowest BCUT2D eigenvalue weighted by Crippen LogP contribution is -2.16. The molecule has 1 aromatic carbocycles. The molecule has 1 amide bonds. The minimum absolute atomic E-state index is 0.0737. The molecule has 0 saturated heterocycles. The monoisotopic (exact) mass is 360 g/mol. The lowest BCUT2D eigenvalue weighted by molar-refractivity contribution is 0.0959. The second kappa shape index (κ2) is 7.57. The van der Waals surface area contributed by atoms with E-state index in [0.29, 0.717) is 10.4 Å². The SMILES string of the molecule is COc1cc(/C=N/NC(=O)c2cc3c(s2)CCCC3)cc(OC)c1O. The Hall–Kier alpha value is -2.54. The van der Waals surface area contributed by atoms with Crippen molar-refractivity contribution in [3.8, 4) is 17.2 Å². The molecule has 132 valence electrons. The Morgan fingerprint density at radius 1 is 1.20 bits per heavy atom. The van der Waals surface area contributed by atoms with Gasteiger partial charge < -0.3 is 14.6 Å². The Bertz CT molecular complexity index is 765. The molecule has 0 unspecified atom stereocenters. The first-order valence-corrected chi connectivity index (χ1v) is 8.84. The first kappa shape index (κ1) is 17.3. The van der Waals surface area contributed by atoms with Gasteiger partial charge in [0.25, 0.3) is 5.91 Å². The molecule has 0 radical (unpaired) electrons. The van der Waals surface area contributed by atoms with Gasteiger partial charge in [0.1, 0.15) is 0 Å². The summed E-state index contributed by atoms with van der Waals surface area (Å²) in [5, 5.41) is 13.9. The Kier molecular flexibility index (Phi) is 5.23. The number of benzene rings is 1. The maximum absolute atomic E-state index is 12.2. The van der Waals surface area contributed by atoms with Gasteiger partial charge in [-0.15, -0.1) is 11.3 Å². The summed E-state index contributed by atoms with van der Waals surface area (Å²) in [7, 11) is 2.91. The van der Waals surface area contributed by atoms with Crippen molar-refractivity contribution < 1.29 is 19.4 Å². The topological polar surface area (TPSA) is 80.2 Å². The number of hydrogen-bond acceptors (Lipinski definition) is 6. The third kappa shape index (κ3) is 3.76. The van der Waals surface area contributed by atoms with Gasteiger partial charge in [0.15, 0.2) is 11.5 Å². The van der Waals surface area contributed by atoms with Crippen molar-refractivity contribution in [3.05, 3.63) is 39.1 Å². The average molecular weight is 360 g/mol. The number of aromatic hydroxyl groups is 1. The van der Waals surface area contributed by atoms with Gasteiger partial charge in [0, 0.05) is 10.4 Å². The van der Waals surface area contributed by atoms with E-state index < -0.39 is 0 Å². The predicted molar refractivity (Wildman–Crippen MR) is 97.2 cm³/mol. The number of amides is 1. The minimum Gasteiger partial charge on any atom is -0.502 e. The summed E-state index contributed by atoms with van der Waals surface area (Å²) in [6, 6.07) is 5.19. The number of thiophene rings is 1. The van der Waals surface area contributed by atoms with Crippen LogP contribution in [0.5, 0.6) is 17.2 Å². The molecule has 1 aliphatic carbocycles. The van der Waals surface area contributed by atoms with E-state index >= 15 is 0 Å². The van der Waals surface area contributed by atoms with Gasteiger partial charge in [-0.25, -0.2) is 5.43 Å². The smallest absolute Gasteiger partial charge is 0.281 e. The van der Waals surface area contributed by atoms with E-state index in [1.165, 1.54) is 43.7 Å². The van der Waals surface area contributed by atoms with Crippen LogP contribution in [0.2, 0.25) is 0 Å². The van der Waals surface area contributed by atoms with Crippen LogP contribution in [0.15, 0.2) is 23.3 Å². The van der Waals surface area contributed by atoms with Crippen LogP contribution in [0.1, 0.15) is 38.5 Å². The minimum atomic E-state index is -0.214. The highest BCUT2D eigenvalue weighted by Crippen LogP contribution is 2.36. The van der Waals surface area contributed by atoms with Gasteiger partial charge in [-0.3, -0.25) is 4.79 Å². The van der Waals surface area contributed by atoms with Gasteiger partial charge in [-0.05, 0) is 49.4 Å².